The minimum atomic E-state index is -1.12. The molecule has 0 radical (unpaired) electrons. The Kier molecular flexibility index (Phi) is 10.2. The van der Waals surface area contributed by atoms with Crippen LogP contribution in [0.5, 0.6) is 0 Å². The maximum atomic E-state index is 13.8. The van der Waals surface area contributed by atoms with Crippen LogP contribution in [0.3, 0.4) is 0 Å². The lowest BCUT2D eigenvalue weighted by molar-refractivity contribution is -0.139. The average molecular weight is 476 g/mol. The number of aliphatic hydroxyl groups is 2. The van der Waals surface area contributed by atoms with Gasteiger partial charge in [-0.3, -0.25) is 9.78 Å². The number of aromatic nitrogens is 1. The zero-order valence-corrected chi connectivity index (χ0v) is 21.0. The first kappa shape index (κ1) is 27.9. The molecule has 0 aliphatic heterocycles. The Bertz CT molecular complexity index is 958. The van der Waals surface area contributed by atoms with E-state index in [9.17, 15) is 19.4 Å². The average Bonchev–Trinajstić information content (AvgIpc) is 2.72. The molecule has 3 atom stereocenters. The van der Waals surface area contributed by atoms with Crippen LogP contribution in [0, 0.1) is 5.82 Å². The molecule has 0 saturated heterocycles. The van der Waals surface area contributed by atoms with E-state index in [2.05, 4.69) is 27.7 Å². The Hall–Kier alpha value is -2.35. The molecule has 34 heavy (non-hydrogen) atoms. The molecule has 0 aliphatic carbocycles. The van der Waals surface area contributed by atoms with Crippen LogP contribution in [0.1, 0.15) is 94.1 Å². The minimum Gasteiger partial charge on any atom is -0.481 e. The summed E-state index contributed by atoms with van der Waals surface area (Å²) in [5.41, 5.74) is 5.53. The van der Waals surface area contributed by atoms with Gasteiger partial charge in [-0.25, -0.2) is 4.39 Å². The molecule has 6 nitrogen and oxygen atoms in total. The number of nitrogens with zero attached hydrogens (tertiary/aromatic N) is 1. The quantitative estimate of drug-likeness (QED) is 0.382. The second-order valence-corrected chi connectivity index (χ2v) is 9.68. The van der Waals surface area contributed by atoms with E-state index in [1.165, 1.54) is 12.1 Å². The lowest BCUT2D eigenvalue weighted by Crippen LogP contribution is -2.23. The Morgan fingerprint density at radius 2 is 1.56 bits per heavy atom. The van der Waals surface area contributed by atoms with Gasteiger partial charge in [0.2, 0.25) is 0 Å². The van der Waals surface area contributed by atoms with Gasteiger partial charge in [0.25, 0.3) is 0 Å². The Morgan fingerprint density at radius 1 is 0.971 bits per heavy atom. The third kappa shape index (κ3) is 7.08. The van der Waals surface area contributed by atoms with Crippen molar-refractivity contribution >= 4 is 5.97 Å². The van der Waals surface area contributed by atoms with E-state index in [1.807, 2.05) is 6.92 Å². The van der Waals surface area contributed by atoms with Crippen molar-refractivity contribution in [3.05, 3.63) is 52.6 Å². The molecule has 0 spiro atoms. The van der Waals surface area contributed by atoms with Gasteiger partial charge in [0.1, 0.15) is 5.82 Å². The third-order valence-electron chi connectivity index (χ3n) is 5.99. The SMILES string of the molecule is COCc1c(C(C)C)nc(C(C)C)c(C(C)CC(O)CC(O)CC(=O)O)c1-c1ccc(F)cc1. The topological polar surface area (TPSA) is 99.9 Å². The van der Waals surface area contributed by atoms with Crippen molar-refractivity contribution < 1.29 is 29.2 Å². The minimum absolute atomic E-state index is 0.0258. The summed E-state index contributed by atoms with van der Waals surface area (Å²) in [5.74, 6) is -1.35. The van der Waals surface area contributed by atoms with E-state index in [0.29, 0.717) is 13.0 Å². The summed E-state index contributed by atoms with van der Waals surface area (Å²) in [7, 11) is 1.63. The van der Waals surface area contributed by atoms with E-state index in [4.69, 9.17) is 14.8 Å². The number of carboxylic acid groups (broad SMARTS) is 1. The van der Waals surface area contributed by atoms with Crippen LogP contribution >= 0.6 is 0 Å². The second kappa shape index (κ2) is 12.4. The predicted octanol–water partition coefficient (Wildman–Crippen LogP) is 5.36. The van der Waals surface area contributed by atoms with Gasteiger partial charge in [0.15, 0.2) is 0 Å². The van der Waals surface area contributed by atoms with Crippen molar-refractivity contribution in [3.63, 3.8) is 0 Å². The summed E-state index contributed by atoms with van der Waals surface area (Å²) in [6, 6.07) is 6.37. The smallest absolute Gasteiger partial charge is 0.305 e. The van der Waals surface area contributed by atoms with Gasteiger partial charge in [-0.05, 0) is 59.4 Å². The van der Waals surface area contributed by atoms with Crippen molar-refractivity contribution in [1.82, 2.24) is 4.98 Å². The van der Waals surface area contributed by atoms with Gasteiger partial charge in [-0.1, -0.05) is 46.8 Å². The maximum Gasteiger partial charge on any atom is 0.305 e. The molecule has 1 aromatic carbocycles. The molecule has 2 aromatic rings. The van der Waals surface area contributed by atoms with Crippen LogP contribution in [0.2, 0.25) is 0 Å². The number of hydrogen-bond donors (Lipinski definition) is 3. The fraction of sp³-hybridized carbons (Fsp3) is 0.556. The Labute approximate surface area is 201 Å². The second-order valence-electron chi connectivity index (χ2n) is 9.68. The number of benzene rings is 1. The highest BCUT2D eigenvalue weighted by molar-refractivity contribution is 5.74. The van der Waals surface area contributed by atoms with Crippen molar-refractivity contribution in [2.45, 2.75) is 90.4 Å². The van der Waals surface area contributed by atoms with Crippen molar-refractivity contribution in [2.24, 2.45) is 0 Å². The van der Waals surface area contributed by atoms with Crippen molar-refractivity contribution in [2.75, 3.05) is 7.11 Å². The molecule has 7 heteroatoms. The number of aliphatic hydroxyl groups excluding tert-OH is 2. The normalized spacial score (nSPS) is 14.4. The molecule has 188 valence electrons. The van der Waals surface area contributed by atoms with Gasteiger partial charge in [0.05, 0.1) is 25.2 Å². The molecule has 1 heterocycles. The largest absolute Gasteiger partial charge is 0.481 e. The highest BCUT2D eigenvalue weighted by Gasteiger charge is 2.28. The molecular weight excluding hydrogens is 437 g/mol. The summed E-state index contributed by atoms with van der Waals surface area (Å²) in [6.07, 6.45) is -2.12. The van der Waals surface area contributed by atoms with Gasteiger partial charge in [-0.15, -0.1) is 0 Å². The zero-order chi connectivity index (χ0) is 25.6. The van der Waals surface area contributed by atoms with Crippen LogP contribution in [0.25, 0.3) is 11.1 Å². The first-order chi connectivity index (χ1) is 16.0. The molecule has 0 aliphatic rings. The van der Waals surface area contributed by atoms with Crippen molar-refractivity contribution in [1.29, 1.82) is 0 Å². The molecule has 2 rings (SSSR count). The monoisotopic (exact) mass is 475 g/mol. The maximum absolute atomic E-state index is 13.8. The van der Waals surface area contributed by atoms with E-state index >= 15 is 0 Å². The number of carboxylic acids is 1. The molecule has 0 saturated carbocycles. The summed E-state index contributed by atoms with van der Waals surface area (Å²) in [5, 5.41) is 29.5. The molecule has 0 fully saturated rings. The molecule has 0 amide bonds. The van der Waals surface area contributed by atoms with Gasteiger partial charge in [0, 0.05) is 24.1 Å². The fourth-order valence-corrected chi connectivity index (χ4v) is 4.55. The first-order valence-corrected chi connectivity index (χ1v) is 11.8. The van der Waals surface area contributed by atoms with Crippen LogP contribution in [0.4, 0.5) is 4.39 Å². The molecule has 0 bridgehead atoms. The van der Waals surface area contributed by atoms with E-state index in [0.717, 1.165) is 33.6 Å². The lowest BCUT2D eigenvalue weighted by Gasteiger charge is -2.29. The van der Waals surface area contributed by atoms with Gasteiger partial charge in [-0.2, -0.15) is 0 Å². The molecule has 1 aromatic heterocycles. The van der Waals surface area contributed by atoms with Crippen LogP contribution in [-0.2, 0) is 16.1 Å². The summed E-state index contributed by atoms with van der Waals surface area (Å²) in [4.78, 5) is 15.9. The number of rotatable bonds is 12. The predicted molar refractivity (Wildman–Crippen MR) is 130 cm³/mol. The first-order valence-electron chi connectivity index (χ1n) is 11.8. The molecule has 3 unspecified atom stereocenters. The van der Waals surface area contributed by atoms with E-state index in [1.54, 1.807) is 19.2 Å². The van der Waals surface area contributed by atoms with Crippen LogP contribution in [-0.4, -0.2) is 45.6 Å². The number of methoxy groups -OCH3 is 1. The van der Waals surface area contributed by atoms with Crippen LogP contribution < -0.4 is 0 Å². The molecule has 3 N–H and O–H groups in total. The number of hydrogen-bond acceptors (Lipinski definition) is 5. The Morgan fingerprint density at radius 3 is 2.06 bits per heavy atom. The standard InChI is InChI=1S/C27H38FNO5/c1-15(2)26-22(14-34-6)25(18-7-9-19(28)10-8-18)24(27(29-26)16(3)4)17(5)11-20(30)12-21(31)13-23(32)33/h7-10,15-17,20-21,30-31H,11-14H2,1-6H3,(H,32,33). The number of carbonyl (C=O) groups is 1. The number of ether oxygens (including phenoxy) is 1. The summed E-state index contributed by atoms with van der Waals surface area (Å²) >= 11 is 0. The highest BCUT2D eigenvalue weighted by Crippen LogP contribution is 2.42. The van der Waals surface area contributed by atoms with Crippen molar-refractivity contribution in [3.8, 4) is 11.1 Å². The molecular formula is C27H38FNO5. The summed E-state index contributed by atoms with van der Waals surface area (Å²) in [6.45, 7) is 10.6. The lowest BCUT2D eigenvalue weighted by atomic mass is 9.80. The van der Waals surface area contributed by atoms with E-state index in [-0.39, 0.29) is 30.0 Å². The zero-order valence-electron chi connectivity index (χ0n) is 21.0. The summed E-state index contributed by atoms with van der Waals surface area (Å²) < 4.78 is 19.3. The van der Waals surface area contributed by atoms with E-state index < -0.39 is 24.6 Å². The van der Waals surface area contributed by atoms with Gasteiger partial charge < -0.3 is 20.1 Å². The highest BCUT2D eigenvalue weighted by atomic mass is 19.1. The van der Waals surface area contributed by atoms with Gasteiger partial charge >= 0.3 is 5.97 Å². The third-order valence-corrected chi connectivity index (χ3v) is 5.99. The fourth-order valence-electron chi connectivity index (χ4n) is 4.55. The number of pyridine rings is 1. The number of aliphatic carboxylic acids is 1. The Balaban J connectivity index is 2.66. The van der Waals surface area contributed by atoms with Crippen LogP contribution in [0.15, 0.2) is 24.3 Å². The number of halogens is 1.